The Morgan fingerprint density at radius 3 is 2.20 bits per heavy atom. The Bertz CT molecular complexity index is 1830. The Kier molecular flexibility index (Phi) is 9.12. The van der Waals surface area contributed by atoms with Crippen LogP contribution in [0.1, 0.15) is 129 Å². The molecule has 3 saturated carbocycles. The van der Waals surface area contributed by atoms with Crippen LogP contribution in [-0.2, 0) is 19.8 Å². The second-order valence-electron chi connectivity index (χ2n) is 16.6. The molecular formula is C42H52N2O5S. The average Bonchev–Trinajstić information content (AvgIpc) is 3.05. The molecule has 0 aromatic heterocycles. The molecule has 1 N–H and O–H groups in total. The number of carbonyl (C=O) groups is 3. The lowest BCUT2D eigenvalue weighted by molar-refractivity contribution is -0.164. The number of nitrogens with one attached hydrogen (secondary N) is 1. The molecule has 0 saturated heterocycles. The first-order chi connectivity index (χ1) is 23.4. The third-order valence-electron chi connectivity index (χ3n) is 13.5. The largest absolute Gasteiger partial charge is 0.423 e. The Labute approximate surface area is 302 Å². The number of esters is 2. The maximum Gasteiger partial charge on any atom is 0.308 e. The molecule has 7 nitrogen and oxygen atoms in total. The molecule has 4 aliphatic rings. The van der Waals surface area contributed by atoms with Crippen molar-refractivity contribution in [3.8, 4) is 17.6 Å². The summed E-state index contributed by atoms with van der Waals surface area (Å²) in [6.45, 7) is 18.1. The Morgan fingerprint density at radius 1 is 0.940 bits per heavy atom. The van der Waals surface area contributed by atoms with Gasteiger partial charge >= 0.3 is 11.9 Å². The maximum absolute atomic E-state index is 12.4. The highest BCUT2D eigenvalue weighted by atomic mass is 32.2. The summed E-state index contributed by atoms with van der Waals surface area (Å²) < 4.78 is 11.6. The lowest BCUT2D eigenvalue weighted by atomic mass is 9.33. The van der Waals surface area contributed by atoms with Gasteiger partial charge in [0.05, 0.1) is 16.7 Å². The van der Waals surface area contributed by atoms with Crippen LogP contribution in [0.4, 0.5) is 5.69 Å². The van der Waals surface area contributed by atoms with Crippen molar-refractivity contribution >= 4 is 35.3 Å². The highest BCUT2D eigenvalue weighted by Gasteiger charge is 2.68. The fourth-order valence-electron chi connectivity index (χ4n) is 10.9. The van der Waals surface area contributed by atoms with Gasteiger partial charge < -0.3 is 14.8 Å². The van der Waals surface area contributed by atoms with Crippen LogP contribution in [0.5, 0.6) is 11.5 Å². The van der Waals surface area contributed by atoms with E-state index in [0.717, 1.165) is 78.6 Å². The van der Waals surface area contributed by atoms with Gasteiger partial charge in [-0.05, 0) is 129 Å². The molecule has 3 fully saturated rings. The Hall–Kier alpha value is -3.57. The van der Waals surface area contributed by atoms with Crippen LogP contribution in [0, 0.1) is 45.8 Å². The highest BCUT2D eigenvalue weighted by molar-refractivity contribution is 7.99. The van der Waals surface area contributed by atoms with Gasteiger partial charge in [-0.2, -0.15) is 5.26 Å². The molecule has 0 radical (unpaired) electrons. The van der Waals surface area contributed by atoms with Crippen molar-refractivity contribution < 1.29 is 23.9 Å². The van der Waals surface area contributed by atoms with Crippen LogP contribution in [0.25, 0.3) is 0 Å². The number of anilines is 1. The molecule has 2 aromatic rings. The number of nitrogens with zero attached hydrogens (tertiary/aromatic N) is 1. The smallest absolute Gasteiger partial charge is 0.308 e. The topological polar surface area (TPSA) is 105 Å². The van der Waals surface area contributed by atoms with Crippen LogP contribution in [-0.4, -0.2) is 17.8 Å². The number of nitriles is 1. The second-order valence-corrected chi connectivity index (χ2v) is 17.8. The summed E-state index contributed by atoms with van der Waals surface area (Å²) in [5.74, 6) is -0.0619. The third kappa shape index (κ3) is 5.68. The zero-order chi connectivity index (χ0) is 36.4. The Morgan fingerprint density at radius 2 is 1.60 bits per heavy atom. The summed E-state index contributed by atoms with van der Waals surface area (Å²) >= 11 is 1.74. The number of thioether (sulfide) groups is 1. The van der Waals surface area contributed by atoms with E-state index in [-0.39, 0.29) is 49.7 Å². The van der Waals surface area contributed by atoms with Gasteiger partial charge in [0.15, 0.2) is 11.5 Å². The number of hydrogen-bond acceptors (Lipinski definition) is 7. The molecule has 4 aliphatic carbocycles. The van der Waals surface area contributed by atoms with Crippen LogP contribution >= 0.6 is 11.8 Å². The van der Waals surface area contributed by atoms with Gasteiger partial charge in [0, 0.05) is 42.3 Å². The van der Waals surface area contributed by atoms with E-state index in [1.807, 2.05) is 37.3 Å². The van der Waals surface area contributed by atoms with Crippen molar-refractivity contribution in [2.75, 3.05) is 5.32 Å². The van der Waals surface area contributed by atoms with E-state index in [0.29, 0.717) is 5.92 Å². The molecule has 0 spiro atoms. The second kappa shape index (κ2) is 12.6. The SMILES string of the molecule is CC[C@@]12CC[C@]3(C)C(=CC(Sc4ccc(NC(C)=O)cc4)c4c3cc(OC(C)=O)c(OC(C)=O)c4C)[C@@]1(C)CC[C@@]1(C)CC[C@@](C)(C#N)C[C@H]12. The zero-order valence-electron chi connectivity index (χ0n) is 31.2. The summed E-state index contributed by atoms with van der Waals surface area (Å²) in [5.41, 5.74) is 4.64. The Balaban J connectivity index is 1.56. The number of rotatable bonds is 6. The fourth-order valence-corrected chi connectivity index (χ4v) is 12.1. The quantitative estimate of drug-likeness (QED) is 0.182. The van der Waals surface area contributed by atoms with Crippen molar-refractivity contribution in [3.05, 3.63) is 58.7 Å². The molecular weight excluding hydrogens is 645 g/mol. The van der Waals surface area contributed by atoms with E-state index in [9.17, 15) is 19.6 Å². The third-order valence-corrected chi connectivity index (χ3v) is 14.7. The van der Waals surface area contributed by atoms with Gasteiger partial charge in [-0.3, -0.25) is 14.4 Å². The first-order valence-electron chi connectivity index (χ1n) is 18.2. The number of fused-ring (bicyclic) bond motifs is 7. The molecule has 0 heterocycles. The predicted octanol–water partition coefficient (Wildman–Crippen LogP) is 10.2. The van der Waals surface area contributed by atoms with Crippen LogP contribution in [0.3, 0.4) is 0 Å². The normalized spacial score (nSPS) is 34.0. The minimum Gasteiger partial charge on any atom is -0.423 e. The van der Waals surface area contributed by atoms with Gasteiger partial charge in [-0.1, -0.05) is 39.3 Å². The fraction of sp³-hybridized carbons (Fsp3) is 0.571. The van der Waals surface area contributed by atoms with Crippen molar-refractivity contribution in [3.63, 3.8) is 0 Å². The van der Waals surface area contributed by atoms with E-state index in [2.05, 4.69) is 52.1 Å². The lowest BCUT2D eigenvalue weighted by Crippen LogP contribution is -2.63. The van der Waals surface area contributed by atoms with Crippen LogP contribution < -0.4 is 14.8 Å². The lowest BCUT2D eigenvalue weighted by Gasteiger charge is -2.71. The standard InChI is InChI=1S/C42H52N2O5S/c1-10-42-20-18-40(8)31-21-32(48-27(4)46)37(49-28(5)47)25(2)36(31)33(50-30-13-11-29(12-14-30)44-26(3)45)22-34(40)41(42,9)19-17-39(7)16-15-38(6,24-43)23-35(39)42/h11-14,21-22,33,35H,10,15-20,23H2,1-9H3,(H,44,45)/t33?,35-,38-,39-,40+,41-,42+/m1/s1. The summed E-state index contributed by atoms with van der Waals surface area (Å²) in [5, 5.41) is 13.1. The molecule has 0 aliphatic heterocycles. The van der Waals surface area contributed by atoms with Gasteiger partial charge in [-0.25, -0.2) is 0 Å². The molecule has 1 amide bonds. The zero-order valence-corrected chi connectivity index (χ0v) is 32.0. The minimum atomic E-state index is -0.475. The summed E-state index contributed by atoms with van der Waals surface area (Å²) in [7, 11) is 0. The first-order valence-corrected chi connectivity index (χ1v) is 19.1. The first kappa shape index (κ1) is 36.2. The van der Waals surface area contributed by atoms with E-state index in [1.54, 1.807) is 11.8 Å². The molecule has 0 bridgehead atoms. The number of benzene rings is 2. The number of amides is 1. The molecule has 1 unspecified atom stereocenters. The number of hydrogen-bond donors (Lipinski definition) is 1. The molecule has 2 aromatic carbocycles. The van der Waals surface area contributed by atoms with E-state index in [1.165, 1.54) is 26.3 Å². The number of ether oxygens (including phenoxy) is 2. The predicted molar refractivity (Wildman–Crippen MR) is 197 cm³/mol. The molecule has 50 heavy (non-hydrogen) atoms. The minimum absolute atomic E-state index is 0.0298. The monoisotopic (exact) mass is 696 g/mol. The average molecular weight is 697 g/mol. The van der Waals surface area contributed by atoms with E-state index >= 15 is 0 Å². The maximum atomic E-state index is 12.4. The van der Waals surface area contributed by atoms with Crippen LogP contribution in [0.15, 0.2) is 46.9 Å². The molecule has 8 heteroatoms. The number of allylic oxidation sites excluding steroid dienone is 1. The molecule has 7 atom stereocenters. The van der Waals surface area contributed by atoms with Crippen molar-refractivity contribution in [2.24, 2.45) is 27.6 Å². The molecule has 266 valence electrons. The van der Waals surface area contributed by atoms with E-state index in [4.69, 9.17) is 9.47 Å². The summed E-state index contributed by atoms with van der Waals surface area (Å²) in [6, 6.07) is 12.6. The van der Waals surface area contributed by atoms with Gasteiger partial charge in [0.25, 0.3) is 0 Å². The van der Waals surface area contributed by atoms with Crippen molar-refractivity contribution in [1.29, 1.82) is 5.26 Å². The summed E-state index contributed by atoms with van der Waals surface area (Å²) in [4.78, 5) is 37.6. The van der Waals surface area contributed by atoms with Gasteiger partial charge in [-0.15, -0.1) is 11.8 Å². The number of carbonyl (C=O) groups excluding carboxylic acids is 3. The molecule has 6 rings (SSSR count). The summed E-state index contributed by atoms with van der Waals surface area (Å²) in [6.07, 6.45) is 10.7. The van der Waals surface area contributed by atoms with Crippen LogP contribution in [0.2, 0.25) is 0 Å². The van der Waals surface area contributed by atoms with Crippen molar-refractivity contribution in [2.45, 2.75) is 129 Å². The van der Waals surface area contributed by atoms with Gasteiger partial charge in [0.1, 0.15) is 0 Å². The van der Waals surface area contributed by atoms with E-state index < -0.39 is 11.9 Å². The van der Waals surface area contributed by atoms with Crippen molar-refractivity contribution in [1.82, 2.24) is 0 Å². The highest BCUT2D eigenvalue weighted by Crippen LogP contribution is 2.76. The van der Waals surface area contributed by atoms with Gasteiger partial charge in [0.2, 0.25) is 5.91 Å².